The summed E-state index contributed by atoms with van der Waals surface area (Å²) in [5.41, 5.74) is 3.02. The number of alkyl halides is 1. The number of aromatic nitrogens is 1. The highest BCUT2D eigenvalue weighted by molar-refractivity contribution is 5.93. The highest BCUT2D eigenvalue weighted by Gasteiger charge is 2.13. The van der Waals surface area contributed by atoms with Crippen LogP contribution in [-0.4, -0.2) is 37.3 Å². The van der Waals surface area contributed by atoms with Crippen LogP contribution in [0.5, 0.6) is 0 Å². The first kappa shape index (κ1) is 21.8. The molecule has 1 heterocycles. The normalized spacial score (nSPS) is 12.0. The maximum atomic E-state index is 13.1. The molecule has 152 valence electrons. The van der Waals surface area contributed by atoms with Crippen LogP contribution in [0.2, 0.25) is 0 Å². The molecule has 5 nitrogen and oxygen atoms in total. The number of carbonyl (C=O) groups excluding carboxylic acids is 1. The van der Waals surface area contributed by atoms with Crippen LogP contribution in [0, 0.1) is 0 Å². The SMILES string of the molecule is CNCCc1cc(C(=O)NC)c(=O)n(CCc2cccc(CCC(C)F)c2)c1. The summed E-state index contributed by atoms with van der Waals surface area (Å²) >= 11 is 0. The lowest BCUT2D eigenvalue weighted by molar-refractivity contribution is 0.0961. The number of nitrogens with zero attached hydrogens (tertiary/aromatic N) is 1. The van der Waals surface area contributed by atoms with Gasteiger partial charge in [0.2, 0.25) is 0 Å². The quantitative estimate of drug-likeness (QED) is 0.658. The van der Waals surface area contributed by atoms with Gasteiger partial charge in [0, 0.05) is 19.8 Å². The Morgan fingerprint density at radius 2 is 1.82 bits per heavy atom. The van der Waals surface area contributed by atoms with Crippen LogP contribution in [0.3, 0.4) is 0 Å². The second kappa shape index (κ2) is 10.8. The van der Waals surface area contributed by atoms with Crippen molar-refractivity contribution in [2.45, 2.75) is 45.3 Å². The van der Waals surface area contributed by atoms with Crippen molar-refractivity contribution < 1.29 is 9.18 Å². The highest BCUT2D eigenvalue weighted by Crippen LogP contribution is 2.12. The van der Waals surface area contributed by atoms with Crippen LogP contribution in [0.4, 0.5) is 4.39 Å². The molecule has 2 N–H and O–H groups in total. The average Bonchev–Trinajstić information content (AvgIpc) is 2.70. The zero-order valence-corrected chi connectivity index (χ0v) is 16.9. The number of amides is 1. The van der Waals surface area contributed by atoms with E-state index in [4.69, 9.17) is 0 Å². The summed E-state index contributed by atoms with van der Waals surface area (Å²) in [6.07, 6.45) is 3.63. The van der Waals surface area contributed by atoms with Crippen molar-refractivity contribution in [1.29, 1.82) is 0 Å². The minimum absolute atomic E-state index is 0.168. The molecule has 0 aliphatic carbocycles. The van der Waals surface area contributed by atoms with E-state index in [0.717, 1.165) is 29.7 Å². The summed E-state index contributed by atoms with van der Waals surface area (Å²) in [6, 6.07) is 9.72. The van der Waals surface area contributed by atoms with Crippen molar-refractivity contribution in [3.8, 4) is 0 Å². The van der Waals surface area contributed by atoms with E-state index >= 15 is 0 Å². The fourth-order valence-corrected chi connectivity index (χ4v) is 3.12. The molecule has 1 amide bonds. The Morgan fingerprint density at radius 1 is 1.11 bits per heavy atom. The van der Waals surface area contributed by atoms with E-state index in [9.17, 15) is 14.0 Å². The maximum Gasteiger partial charge on any atom is 0.263 e. The standard InChI is InChI=1S/C22H30FN3O2/c1-16(23)7-8-17-5-4-6-18(13-17)10-12-26-15-19(9-11-24-2)14-20(22(26)28)21(27)25-3/h4-6,13-16,24H,7-12H2,1-3H3,(H,25,27). The minimum atomic E-state index is -0.814. The van der Waals surface area contributed by atoms with Crippen LogP contribution in [0.1, 0.15) is 40.4 Å². The first-order valence-electron chi connectivity index (χ1n) is 9.76. The van der Waals surface area contributed by atoms with Crippen molar-refractivity contribution in [1.82, 2.24) is 15.2 Å². The summed E-state index contributed by atoms with van der Waals surface area (Å²) in [7, 11) is 3.39. The van der Waals surface area contributed by atoms with E-state index in [1.165, 1.54) is 7.05 Å². The van der Waals surface area contributed by atoms with Gasteiger partial charge in [-0.05, 0) is 69.0 Å². The molecule has 28 heavy (non-hydrogen) atoms. The minimum Gasteiger partial charge on any atom is -0.355 e. The van der Waals surface area contributed by atoms with E-state index in [2.05, 4.69) is 16.7 Å². The zero-order chi connectivity index (χ0) is 20.5. The van der Waals surface area contributed by atoms with Crippen LogP contribution in [0.25, 0.3) is 0 Å². The summed E-state index contributed by atoms with van der Waals surface area (Å²) < 4.78 is 14.7. The Balaban J connectivity index is 2.19. The predicted octanol–water partition coefficient (Wildman–Crippen LogP) is 2.50. The second-order valence-electron chi connectivity index (χ2n) is 7.08. The van der Waals surface area contributed by atoms with Gasteiger partial charge in [-0.2, -0.15) is 0 Å². The highest BCUT2D eigenvalue weighted by atomic mass is 19.1. The molecule has 0 aliphatic rings. The van der Waals surface area contributed by atoms with Crippen molar-refractivity contribution >= 4 is 5.91 Å². The molecular formula is C22H30FN3O2. The number of pyridine rings is 1. The number of halogens is 1. The van der Waals surface area contributed by atoms with E-state index in [0.29, 0.717) is 25.8 Å². The lowest BCUT2D eigenvalue weighted by Gasteiger charge is -2.12. The Kier molecular flexibility index (Phi) is 8.39. The van der Waals surface area contributed by atoms with Crippen molar-refractivity contribution in [2.75, 3.05) is 20.6 Å². The van der Waals surface area contributed by atoms with Crippen molar-refractivity contribution in [2.24, 2.45) is 0 Å². The summed E-state index contributed by atoms with van der Waals surface area (Å²) in [4.78, 5) is 24.8. The first-order chi connectivity index (χ1) is 13.4. The van der Waals surface area contributed by atoms with E-state index < -0.39 is 6.17 Å². The lowest BCUT2D eigenvalue weighted by Crippen LogP contribution is -2.32. The van der Waals surface area contributed by atoms with Gasteiger partial charge in [-0.1, -0.05) is 24.3 Å². The van der Waals surface area contributed by atoms with Crippen molar-refractivity contribution in [3.05, 3.63) is 69.1 Å². The third-order valence-electron chi connectivity index (χ3n) is 4.74. The fourth-order valence-electron chi connectivity index (χ4n) is 3.12. The molecule has 0 radical (unpaired) electrons. The number of rotatable bonds is 10. The van der Waals surface area contributed by atoms with Gasteiger partial charge in [-0.25, -0.2) is 4.39 Å². The molecule has 1 atom stereocenters. The Labute approximate surface area is 166 Å². The molecule has 6 heteroatoms. The first-order valence-corrected chi connectivity index (χ1v) is 9.76. The van der Waals surface area contributed by atoms with Gasteiger partial charge in [-0.3, -0.25) is 9.59 Å². The number of hydrogen-bond acceptors (Lipinski definition) is 3. The lowest BCUT2D eigenvalue weighted by atomic mass is 10.0. The molecule has 1 aromatic heterocycles. The van der Waals surface area contributed by atoms with Gasteiger partial charge in [-0.15, -0.1) is 0 Å². The van der Waals surface area contributed by atoms with E-state index in [1.807, 2.05) is 31.4 Å². The molecule has 0 aliphatic heterocycles. The molecule has 0 saturated heterocycles. The molecular weight excluding hydrogens is 357 g/mol. The molecule has 1 unspecified atom stereocenters. The molecule has 2 rings (SSSR count). The molecule has 0 spiro atoms. The van der Waals surface area contributed by atoms with Crippen LogP contribution >= 0.6 is 0 Å². The van der Waals surface area contributed by atoms with Crippen LogP contribution in [0.15, 0.2) is 41.3 Å². The van der Waals surface area contributed by atoms with Crippen LogP contribution < -0.4 is 16.2 Å². The molecule has 0 saturated carbocycles. The Morgan fingerprint density at radius 3 is 2.46 bits per heavy atom. The Hall–Kier alpha value is -2.47. The second-order valence-corrected chi connectivity index (χ2v) is 7.08. The summed E-state index contributed by atoms with van der Waals surface area (Å²) in [6.45, 7) is 2.82. The molecule has 0 bridgehead atoms. The number of likely N-dealkylation sites (N-methyl/N-ethyl adjacent to an activating group) is 1. The Bertz CT molecular complexity index is 846. The van der Waals surface area contributed by atoms with Crippen molar-refractivity contribution in [3.63, 3.8) is 0 Å². The number of carbonyl (C=O) groups is 1. The van der Waals surface area contributed by atoms with Gasteiger partial charge >= 0.3 is 0 Å². The van der Waals surface area contributed by atoms with E-state index in [1.54, 1.807) is 17.6 Å². The fraction of sp³-hybridized carbons (Fsp3) is 0.455. The average molecular weight is 387 g/mol. The predicted molar refractivity (Wildman–Crippen MR) is 111 cm³/mol. The van der Waals surface area contributed by atoms with Gasteiger partial charge in [0.1, 0.15) is 5.56 Å². The van der Waals surface area contributed by atoms with Gasteiger partial charge in [0.25, 0.3) is 11.5 Å². The topological polar surface area (TPSA) is 63.1 Å². The van der Waals surface area contributed by atoms with Gasteiger partial charge in [0.05, 0.1) is 6.17 Å². The maximum absolute atomic E-state index is 13.1. The molecule has 0 fully saturated rings. The van der Waals surface area contributed by atoms with Gasteiger partial charge < -0.3 is 15.2 Å². The smallest absolute Gasteiger partial charge is 0.263 e. The summed E-state index contributed by atoms with van der Waals surface area (Å²) in [5.74, 6) is -0.368. The number of benzene rings is 1. The van der Waals surface area contributed by atoms with Crippen LogP contribution in [-0.2, 0) is 25.8 Å². The third-order valence-corrected chi connectivity index (χ3v) is 4.74. The summed E-state index contributed by atoms with van der Waals surface area (Å²) in [5, 5.41) is 5.62. The number of aryl methyl sites for hydroxylation is 3. The zero-order valence-electron chi connectivity index (χ0n) is 16.9. The molecule has 2 aromatic rings. The van der Waals surface area contributed by atoms with Gasteiger partial charge in [0.15, 0.2) is 0 Å². The van der Waals surface area contributed by atoms with E-state index in [-0.39, 0.29) is 17.0 Å². The largest absolute Gasteiger partial charge is 0.355 e. The molecule has 1 aromatic carbocycles. The number of nitrogens with one attached hydrogen (secondary N) is 2. The monoisotopic (exact) mass is 387 g/mol. The number of hydrogen-bond donors (Lipinski definition) is 2. The third kappa shape index (κ3) is 6.30.